The lowest BCUT2D eigenvalue weighted by atomic mass is 9.88. The van der Waals surface area contributed by atoms with Crippen molar-refractivity contribution in [2.24, 2.45) is 11.8 Å². The number of ether oxygens (including phenoxy) is 1. The van der Waals surface area contributed by atoms with Gasteiger partial charge in [-0.15, -0.1) is 0 Å². The highest BCUT2D eigenvalue weighted by atomic mass is 16.5. The van der Waals surface area contributed by atoms with E-state index in [1.807, 2.05) is 6.07 Å². The minimum absolute atomic E-state index is 0.157. The Balaban J connectivity index is 2.09. The Hall–Kier alpha value is -1.04. The van der Waals surface area contributed by atoms with Crippen LogP contribution in [0.25, 0.3) is 0 Å². The number of hydrogen-bond donors (Lipinski definition) is 2. The average Bonchev–Trinajstić information content (AvgIpc) is 2.33. The number of nitrogens with zero attached hydrogens (tertiary/aromatic N) is 2. The summed E-state index contributed by atoms with van der Waals surface area (Å²) in [5.74, 6) is 6.12. The third-order valence-electron chi connectivity index (χ3n) is 2.88. The van der Waals surface area contributed by atoms with Gasteiger partial charge in [-0.1, -0.05) is 0 Å². The summed E-state index contributed by atoms with van der Waals surface area (Å²) in [6.45, 7) is 1.64. The van der Waals surface area contributed by atoms with E-state index in [2.05, 4.69) is 15.6 Å². The molecule has 0 radical (unpaired) electrons. The molecule has 0 bridgehead atoms. The number of nitrogens with one attached hydrogen (secondary N) is 1. The van der Waals surface area contributed by atoms with Crippen LogP contribution in [-0.2, 0) is 4.74 Å². The lowest BCUT2D eigenvalue weighted by Gasteiger charge is -2.29. The molecule has 1 aromatic heterocycles. The summed E-state index contributed by atoms with van der Waals surface area (Å²) in [4.78, 5) is 0. The van der Waals surface area contributed by atoms with Crippen LogP contribution in [0.1, 0.15) is 24.4 Å². The molecular weight excluding hydrogens is 192 g/mol. The molecule has 0 saturated carbocycles. The zero-order chi connectivity index (χ0) is 10.5. The first-order chi connectivity index (χ1) is 7.42. The van der Waals surface area contributed by atoms with Gasteiger partial charge in [-0.25, -0.2) is 0 Å². The summed E-state index contributed by atoms with van der Waals surface area (Å²) in [7, 11) is 0. The third kappa shape index (κ3) is 2.50. The first-order valence-corrected chi connectivity index (χ1v) is 5.22. The molecule has 5 heteroatoms. The van der Waals surface area contributed by atoms with Crippen LogP contribution >= 0.6 is 0 Å². The van der Waals surface area contributed by atoms with E-state index in [0.29, 0.717) is 5.92 Å². The van der Waals surface area contributed by atoms with Gasteiger partial charge in [0, 0.05) is 19.4 Å². The quantitative estimate of drug-likeness (QED) is 0.556. The second-order valence-electron chi connectivity index (χ2n) is 3.77. The van der Waals surface area contributed by atoms with Crippen LogP contribution in [0.4, 0.5) is 0 Å². The van der Waals surface area contributed by atoms with Crippen LogP contribution in [0.2, 0.25) is 0 Å². The standard InChI is InChI=1S/C10H16N4O/c11-14-10(8-2-5-15-6-3-8)9-1-4-12-13-7-9/h1,4,7-8,10,14H,2-3,5-6,11H2. The fraction of sp³-hybridized carbons (Fsp3) is 0.600. The van der Waals surface area contributed by atoms with Crippen LogP contribution in [0.3, 0.4) is 0 Å². The van der Waals surface area contributed by atoms with Gasteiger partial charge < -0.3 is 4.74 Å². The Morgan fingerprint density at radius 3 is 2.80 bits per heavy atom. The molecule has 0 aromatic carbocycles. The van der Waals surface area contributed by atoms with Crippen LogP contribution in [0.5, 0.6) is 0 Å². The predicted molar refractivity (Wildman–Crippen MR) is 55.6 cm³/mol. The van der Waals surface area contributed by atoms with Gasteiger partial charge >= 0.3 is 0 Å². The average molecular weight is 208 g/mol. The molecule has 0 spiro atoms. The Kier molecular flexibility index (Phi) is 3.60. The van der Waals surface area contributed by atoms with Crippen LogP contribution in [0.15, 0.2) is 18.5 Å². The van der Waals surface area contributed by atoms with Gasteiger partial charge in [0.2, 0.25) is 0 Å². The lowest BCUT2D eigenvalue weighted by molar-refractivity contribution is 0.0535. The zero-order valence-corrected chi connectivity index (χ0v) is 8.60. The van der Waals surface area contributed by atoms with Crippen molar-refractivity contribution >= 4 is 0 Å². The number of nitrogens with two attached hydrogens (primary N) is 1. The van der Waals surface area contributed by atoms with Gasteiger partial charge in [-0.05, 0) is 30.4 Å². The van der Waals surface area contributed by atoms with Crippen molar-refractivity contribution in [3.8, 4) is 0 Å². The molecule has 1 unspecified atom stereocenters. The van der Waals surface area contributed by atoms with Crippen LogP contribution < -0.4 is 11.3 Å². The largest absolute Gasteiger partial charge is 0.381 e. The molecule has 5 nitrogen and oxygen atoms in total. The molecule has 1 aliphatic heterocycles. The fourth-order valence-electron chi connectivity index (χ4n) is 2.04. The van der Waals surface area contributed by atoms with Crippen LogP contribution in [-0.4, -0.2) is 23.4 Å². The second-order valence-corrected chi connectivity index (χ2v) is 3.77. The van der Waals surface area contributed by atoms with Gasteiger partial charge in [0.1, 0.15) is 0 Å². The molecule has 82 valence electrons. The van der Waals surface area contributed by atoms with E-state index in [0.717, 1.165) is 31.6 Å². The smallest absolute Gasteiger partial charge is 0.0544 e. The molecule has 3 N–H and O–H groups in total. The van der Waals surface area contributed by atoms with Crippen molar-refractivity contribution in [1.82, 2.24) is 15.6 Å². The number of hydrogen-bond acceptors (Lipinski definition) is 5. The predicted octanol–water partition coefficient (Wildman–Crippen LogP) is 0.408. The first-order valence-electron chi connectivity index (χ1n) is 5.22. The highest BCUT2D eigenvalue weighted by Crippen LogP contribution is 2.28. The van der Waals surface area contributed by atoms with E-state index in [4.69, 9.17) is 10.6 Å². The van der Waals surface area contributed by atoms with Gasteiger partial charge in [0.25, 0.3) is 0 Å². The molecular formula is C10H16N4O. The molecule has 15 heavy (non-hydrogen) atoms. The molecule has 1 atom stereocenters. The monoisotopic (exact) mass is 208 g/mol. The van der Waals surface area contributed by atoms with E-state index in [-0.39, 0.29) is 6.04 Å². The van der Waals surface area contributed by atoms with Gasteiger partial charge in [0.15, 0.2) is 0 Å². The van der Waals surface area contributed by atoms with E-state index in [1.54, 1.807) is 12.4 Å². The molecule has 1 saturated heterocycles. The van der Waals surface area contributed by atoms with Crippen molar-refractivity contribution < 1.29 is 4.74 Å². The molecule has 2 heterocycles. The molecule has 1 aliphatic rings. The summed E-state index contributed by atoms with van der Waals surface area (Å²) in [5.41, 5.74) is 3.96. The summed E-state index contributed by atoms with van der Waals surface area (Å²) in [5, 5.41) is 7.64. The highest BCUT2D eigenvalue weighted by Gasteiger charge is 2.24. The first kappa shape index (κ1) is 10.5. The summed E-state index contributed by atoms with van der Waals surface area (Å²) in [6.07, 6.45) is 5.54. The molecule has 0 amide bonds. The van der Waals surface area contributed by atoms with Crippen molar-refractivity contribution in [1.29, 1.82) is 0 Å². The SMILES string of the molecule is NNC(c1ccnnc1)C1CCOCC1. The highest BCUT2D eigenvalue weighted by molar-refractivity contribution is 5.12. The van der Waals surface area contributed by atoms with Crippen molar-refractivity contribution in [2.45, 2.75) is 18.9 Å². The Labute approximate surface area is 89.0 Å². The van der Waals surface area contributed by atoms with Gasteiger partial charge in [-0.3, -0.25) is 11.3 Å². The Morgan fingerprint density at radius 1 is 1.40 bits per heavy atom. The second kappa shape index (κ2) is 5.16. The fourth-order valence-corrected chi connectivity index (χ4v) is 2.04. The molecule has 1 fully saturated rings. The molecule has 1 aromatic rings. The van der Waals surface area contributed by atoms with E-state index in [9.17, 15) is 0 Å². The van der Waals surface area contributed by atoms with E-state index < -0.39 is 0 Å². The number of hydrazine groups is 1. The lowest BCUT2D eigenvalue weighted by Crippen LogP contribution is -2.36. The van der Waals surface area contributed by atoms with Crippen molar-refractivity contribution in [2.75, 3.05) is 13.2 Å². The maximum Gasteiger partial charge on any atom is 0.0544 e. The summed E-state index contributed by atoms with van der Waals surface area (Å²) >= 11 is 0. The van der Waals surface area contributed by atoms with Crippen molar-refractivity contribution in [3.05, 3.63) is 24.0 Å². The zero-order valence-electron chi connectivity index (χ0n) is 8.60. The Morgan fingerprint density at radius 2 is 2.20 bits per heavy atom. The van der Waals surface area contributed by atoms with E-state index in [1.165, 1.54) is 0 Å². The third-order valence-corrected chi connectivity index (χ3v) is 2.88. The van der Waals surface area contributed by atoms with Gasteiger partial charge in [0.05, 0.1) is 12.2 Å². The van der Waals surface area contributed by atoms with Gasteiger partial charge in [-0.2, -0.15) is 10.2 Å². The summed E-state index contributed by atoms with van der Waals surface area (Å²) < 4.78 is 5.33. The number of aromatic nitrogens is 2. The van der Waals surface area contributed by atoms with Crippen molar-refractivity contribution in [3.63, 3.8) is 0 Å². The molecule has 0 aliphatic carbocycles. The molecule has 2 rings (SSSR count). The summed E-state index contributed by atoms with van der Waals surface area (Å²) in [6, 6.07) is 2.11. The number of rotatable bonds is 3. The minimum Gasteiger partial charge on any atom is -0.381 e. The topological polar surface area (TPSA) is 73.1 Å². The maximum atomic E-state index is 5.60. The maximum absolute atomic E-state index is 5.60. The van der Waals surface area contributed by atoms with E-state index >= 15 is 0 Å². The minimum atomic E-state index is 0.157. The van der Waals surface area contributed by atoms with Crippen LogP contribution in [0, 0.1) is 5.92 Å². The Bertz CT molecular complexity index is 287. The normalized spacial score (nSPS) is 20.1.